The van der Waals surface area contributed by atoms with Gasteiger partial charge in [-0.1, -0.05) is 63.9 Å². The number of H-pyrrole nitrogens is 1. The van der Waals surface area contributed by atoms with Gasteiger partial charge in [-0.2, -0.15) is 0 Å². The monoisotopic (exact) mass is 459 g/mol. The van der Waals surface area contributed by atoms with Crippen molar-refractivity contribution >= 4 is 23.2 Å². The third kappa shape index (κ3) is 4.35. The predicted octanol–water partition coefficient (Wildman–Crippen LogP) is 4.96. The number of benzene rings is 1. The second kappa shape index (κ2) is 8.10. The highest BCUT2D eigenvalue weighted by atomic mass is 35.5. The van der Waals surface area contributed by atoms with Gasteiger partial charge in [-0.05, 0) is 39.8 Å². The highest BCUT2D eigenvalue weighted by Gasteiger charge is 2.44. The topological polar surface area (TPSA) is 84.3 Å². The maximum absolute atomic E-state index is 13.0. The number of fused-ring (bicyclic) bond motifs is 1. The van der Waals surface area contributed by atoms with Gasteiger partial charge in [0.25, 0.3) is 5.91 Å². The molecular weight excluding hydrogens is 426 g/mol. The van der Waals surface area contributed by atoms with Crippen molar-refractivity contribution < 1.29 is 9.53 Å². The molecule has 0 saturated carbocycles. The summed E-state index contributed by atoms with van der Waals surface area (Å²) in [6.07, 6.45) is -0.654. The fourth-order valence-corrected chi connectivity index (χ4v) is 3.87. The van der Waals surface area contributed by atoms with Gasteiger partial charge in [-0.25, -0.2) is 4.52 Å². The minimum absolute atomic E-state index is 0.175. The Labute approximate surface area is 194 Å². The van der Waals surface area contributed by atoms with Crippen molar-refractivity contribution in [1.29, 1.82) is 0 Å². The third-order valence-electron chi connectivity index (χ3n) is 6.31. The van der Waals surface area contributed by atoms with E-state index >= 15 is 0 Å². The van der Waals surface area contributed by atoms with Gasteiger partial charge in [-0.15, -0.1) is 10.2 Å². The second-order valence-electron chi connectivity index (χ2n) is 10.5. The van der Waals surface area contributed by atoms with Crippen molar-refractivity contribution in [2.24, 2.45) is 0 Å². The van der Waals surface area contributed by atoms with E-state index in [1.807, 2.05) is 63.4 Å². The van der Waals surface area contributed by atoms with Crippen molar-refractivity contribution in [3.8, 4) is 5.75 Å². The number of aromatic nitrogens is 4. The van der Waals surface area contributed by atoms with E-state index in [0.29, 0.717) is 22.2 Å². The molecule has 174 valence electrons. The zero-order chi connectivity index (χ0) is 24.1. The average molecular weight is 460 g/mol. The Kier molecular flexibility index (Phi) is 6.11. The molecule has 7 nitrogen and oxygen atoms in total. The van der Waals surface area contributed by atoms with Crippen LogP contribution in [-0.4, -0.2) is 37.4 Å². The van der Waals surface area contributed by atoms with E-state index in [1.54, 1.807) is 6.92 Å². The van der Waals surface area contributed by atoms with Crippen LogP contribution in [0.15, 0.2) is 24.3 Å². The van der Waals surface area contributed by atoms with E-state index in [2.05, 4.69) is 41.4 Å². The van der Waals surface area contributed by atoms with E-state index < -0.39 is 17.1 Å². The number of ether oxygens (including phenoxy) is 1. The van der Waals surface area contributed by atoms with E-state index in [4.69, 9.17) is 16.3 Å². The molecule has 0 aliphatic rings. The number of halogens is 1. The summed E-state index contributed by atoms with van der Waals surface area (Å²) >= 11 is 6.59. The Hall–Kier alpha value is -2.54. The standard InChI is InChI=1S/C24H34ClN5O2/c1-14-10-12-16(13-11-14)32-15(2)20(31)26-24(8,9)23(6,7)21-28-27-19-17(25)18(22(3,4)5)29-30(19)21/h10-13,15,29H,1-9H3,(H,26,31). The van der Waals surface area contributed by atoms with Crippen molar-refractivity contribution in [3.63, 3.8) is 0 Å². The minimum atomic E-state index is -0.669. The average Bonchev–Trinajstić information content (AvgIpc) is 3.23. The van der Waals surface area contributed by atoms with E-state index in [-0.39, 0.29) is 11.3 Å². The SMILES string of the molecule is Cc1ccc(OC(C)C(=O)NC(C)(C)C(C)(C)c2nnc3c(Cl)c(C(C)(C)C)[nH]n23)cc1. The summed E-state index contributed by atoms with van der Waals surface area (Å²) in [6, 6.07) is 7.64. The van der Waals surface area contributed by atoms with Gasteiger partial charge in [0.2, 0.25) is 0 Å². The Morgan fingerprint density at radius 2 is 1.69 bits per heavy atom. The molecule has 2 aromatic heterocycles. The zero-order valence-corrected chi connectivity index (χ0v) is 21.2. The number of carbonyl (C=O) groups is 1. The molecule has 0 saturated heterocycles. The highest BCUT2D eigenvalue weighted by molar-refractivity contribution is 6.34. The molecule has 1 amide bonds. The van der Waals surface area contributed by atoms with E-state index in [0.717, 1.165) is 11.3 Å². The summed E-state index contributed by atoms with van der Waals surface area (Å²) in [4.78, 5) is 13.0. The number of hydrogen-bond acceptors (Lipinski definition) is 4. The molecule has 0 fully saturated rings. The lowest BCUT2D eigenvalue weighted by Gasteiger charge is -2.41. The predicted molar refractivity (Wildman–Crippen MR) is 128 cm³/mol. The van der Waals surface area contributed by atoms with Crippen molar-refractivity contribution in [1.82, 2.24) is 25.1 Å². The first-order chi connectivity index (χ1) is 14.6. The summed E-state index contributed by atoms with van der Waals surface area (Å²) in [7, 11) is 0. The molecule has 2 heterocycles. The fraction of sp³-hybridized carbons (Fsp3) is 0.542. The van der Waals surface area contributed by atoms with Gasteiger partial charge in [0.15, 0.2) is 17.6 Å². The molecule has 0 aliphatic heterocycles. The number of aryl methyl sites for hydroxylation is 1. The molecule has 32 heavy (non-hydrogen) atoms. The maximum Gasteiger partial charge on any atom is 0.261 e. The number of hydrogen-bond donors (Lipinski definition) is 2. The molecule has 1 aromatic carbocycles. The van der Waals surface area contributed by atoms with Crippen LogP contribution in [0.25, 0.3) is 5.65 Å². The van der Waals surface area contributed by atoms with Gasteiger partial charge in [0, 0.05) is 16.4 Å². The van der Waals surface area contributed by atoms with Crippen molar-refractivity contribution in [3.05, 3.63) is 46.4 Å². The summed E-state index contributed by atoms with van der Waals surface area (Å²) in [5.41, 5.74) is 1.18. The lowest BCUT2D eigenvalue weighted by Crippen LogP contribution is -2.58. The fourth-order valence-electron chi connectivity index (χ4n) is 3.43. The highest BCUT2D eigenvalue weighted by Crippen LogP contribution is 2.37. The quantitative estimate of drug-likeness (QED) is 0.545. The largest absolute Gasteiger partial charge is 0.481 e. The second-order valence-corrected chi connectivity index (χ2v) is 10.9. The number of carbonyl (C=O) groups excluding carboxylic acids is 1. The van der Waals surface area contributed by atoms with Gasteiger partial charge >= 0.3 is 0 Å². The number of amides is 1. The molecule has 3 rings (SSSR count). The first-order valence-corrected chi connectivity index (χ1v) is 11.2. The molecule has 0 spiro atoms. The van der Waals surface area contributed by atoms with Crippen LogP contribution >= 0.6 is 11.6 Å². The number of nitrogens with one attached hydrogen (secondary N) is 2. The van der Waals surface area contributed by atoms with Crippen LogP contribution in [0.2, 0.25) is 5.02 Å². The van der Waals surface area contributed by atoms with Crippen molar-refractivity contribution in [2.75, 3.05) is 0 Å². The molecule has 3 aromatic rings. The molecule has 2 N–H and O–H groups in total. The number of nitrogens with zero attached hydrogens (tertiary/aromatic N) is 3. The first kappa shape index (κ1) is 24.1. The minimum Gasteiger partial charge on any atom is -0.481 e. The maximum atomic E-state index is 13.0. The van der Waals surface area contributed by atoms with Crippen LogP contribution in [0.3, 0.4) is 0 Å². The van der Waals surface area contributed by atoms with Crippen molar-refractivity contribution in [2.45, 2.75) is 84.8 Å². The van der Waals surface area contributed by atoms with Gasteiger partial charge in [-0.3, -0.25) is 9.89 Å². The molecule has 0 bridgehead atoms. The molecule has 0 aliphatic carbocycles. The Bertz CT molecular complexity index is 1120. The van der Waals surface area contributed by atoms with Gasteiger partial charge in [0.1, 0.15) is 10.8 Å². The van der Waals surface area contributed by atoms with Crippen LogP contribution in [0.1, 0.15) is 72.5 Å². The lowest BCUT2D eigenvalue weighted by atomic mass is 9.73. The van der Waals surface area contributed by atoms with Crippen LogP contribution in [0, 0.1) is 6.92 Å². The normalized spacial score (nSPS) is 13.9. The molecule has 1 atom stereocenters. The smallest absolute Gasteiger partial charge is 0.261 e. The summed E-state index contributed by atoms with van der Waals surface area (Å²) in [5.74, 6) is 1.14. The van der Waals surface area contributed by atoms with Crippen LogP contribution in [0.4, 0.5) is 0 Å². The van der Waals surface area contributed by atoms with Crippen LogP contribution < -0.4 is 10.1 Å². The van der Waals surface area contributed by atoms with Gasteiger partial charge in [0.05, 0.1) is 5.69 Å². The Morgan fingerprint density at radius 3 is 2.25 bits per heavy atom. The summed E-state index contributed by atoms with van der Waals surface area (Å²) in [5, 5.41) is 15.8. The third-order valence-corrected chi connectivity index (χ3v) is 6.67. The zero-order valence-electron chi connectivity index (χ0n) is 20.4. The Balaban J connectivity index is 1.85. The Morgan fingerprint density at radius 1 is 1.09 bits per heavy atom. The van der Waals surface area contributed by atoms with E-state index in [1.165, 1.54) is 0 Å². The molecule has 1 unspecified atom stereocenters. The van der Waals surface area contributed by atoms with Crippen LogP contribution in [0.5, 0.6) is 5.75 Å². The molecule has 8 heteroatoms. The first-order valence-electron chi connectivity index (χ1n) is 10.8. The lowest BCUT2D eigenvalue weighted by molar-refractivity contribution is -0.129. The molecular formula is C24H34ClN5O2. The molecule has 0 radical (unpaired) electrons. The van der Waals surface area contributed by atoms with Gasteiger partial charge < -0.3 is 10.1 Å². The number of rotatable bonds is 6. The summed E-state index contributed by atoms with van der Waals surface area (Å²) < 4.78 is 7.66. The number of aromatic amines is 1. The van der Waals surface area contributed by atoms with Crippen LogP contribution in [-0.2, 0) is 15.6 Å². The van der Waals surface area contributed by atoms with E-state index in [9.17, 15) is 4.79 Å². The summed E-state index contributed by atoms with van der Waals surface area (Å²) in [6.45, 7) is 18.0.